The van der Waals surface area contributed by atoms with Gasteiger partial charge in [0.15, 0.2) is 0 Å². The summed E-state index contributed by atoms with van der Waals surface area (Å²) in [4.78, 5) is 17.2. The van der Waals surface area contributed by atoms with Crippen molar-refractivity contribution in [3.63, 3.8) is 0 Å². The van der Waals surface area contributed by atoms with Crippen LogP contribution >= 0.6 is 0 Å². The average Bonchev–Trinajstić information content (AvgIpc) is 2.88. The molecule has 1 aliphatic heterocycles. The van der Waals surface area contributed by atoms with Gasteiger partial charge in [-0.1, -0.05) is 48.5 Å². The van der Waals surface area contributed by atoms with Crippen molar-refractivity contribution in [2.45, 2.75) is 27.0 Å². The Morgan fingerprint density at radius 3 is 2.29 bits per heavy atom. The smallest absolute Gasteiger partial charge is 0.246 e. The minimum absolute atomic E-state index is 0.0501. The zero-order valence-corrected chi connectivity index (χ0v) is 20.9. The fourth-order valence-corrected chi connectivity index (χ4v) is 4.32. The number of ether oxygens (including phenoxy) is 2. The van der Waals surface area contributed by atoms with Crippen LogP contribution in [0, 0.1) is 13.8 Å². The van der Waals surface area contributed by atoms with E-state index in [1.165, 1.54) is 11.1 Å². The Labute approximate surface area is 208 Å². The second-order valence-electron chi connectivity index (χ2n) is 8.99. The number of hydrogen-bond acceptors (Lipinski definition) is 4. The fraction of sp³-hybridized carbons (Fsp3) is 0.300. The highest BCUT2D eigenvalue weighted by Gasteiger charge is 2.20. The molecule has 3 aromatic carbocycles. The van der Waals surface area contributed by atoms with Crippen molar-refractivity contribution in [1.29, 1.82) is 0 Å². The van der Waals surface area contributed by atoms with Crippen molar-refractivity contribution in [2.75, 3.05) is 33.3 Å². The molecule has 0 aromatic heterocycles. The highest BCUT2D eigenvalue weighted by atomic mass is 16.5. The lowest BCUT2D eigenvalue weighted by Gasteiger charge is -2.34. The largest absolute Gasteiger partial charge is 0.496 e. The fourth-order valence-electron chi connectivity index (χ4n) is 4.32. The lowest BCUT2D eigenvalue weighted by molar-refractivity contribution is -0.127. The van der Waals surface area contributed by atoms with Crippen LogP contribution < -0.4 is 9.47 Å². The lowest BCUT2D eigenvalue weighted by atomic mass is 10.1. The molecule has 0 atom stereocenters. The summed E-state index contributed by atoms with van der Waals surface area (Å²) in [6.07, 6.45) is 3.55. The Kier molecular flexibility index (Phi) is 8.22. The summed E-state index contributed by atoms with van der Waals surface area (Å²) in [5.74, 6) is 1.67. The Balaban J connectivity index is 1.33. The van der Waals surface area contributed by atoms with Gasteiger partial charge in [-0.15, -0.1) is 0 Å². The summed E-state index contributed by atoms with van der Waals surface area (Å²) in [5, 5.41) is 0. The first-order valence-electron chi connectivity index (χ1n) is 12.1. The van der Waals surface area contributed by atoms with Gasteiger partial charge in [0, 0.05) is 44.4 Å². The third-order valence-corrected chi connectivity index (χ3v) is 6.54. The highest BCUT2D eigenvalue weighted by Crippen LogP contribution is 2.24. The quantitative estimate of drug-likeness (QED) is 0.422. The number of carbonyl (C=O) groups is 1. The number of carbonyl (C=O) groups excluding carboxylic acids is 1. The first-order chi connectivity index (χ1) is 17.0. The second-order valence-corrected chi connectivity index (χ2v) is 8.99. The zero-order valence-electron chi connectivity index (χ0n) is 20.9. The zero-order chi connectivity index (χ0) is 24.6. The summed E-state index contributed by atoms with van der Waals surface area (Å²) in [6.45, 7) is 8.77. The Morgan fingerprint density at radius 1 is 0.857 bits per heavy atom. The Hall–Kier alpha value is -3.57. The summed E-state index contributed by atoms with van der Waals surface area (Å²) >= 11 is 0. The van der Waals surface area contributed by atoms with E-state index >= 15 is 0 Å². The van der Waals surface area contributed by atoms with E-state index in [2.05, 4.69) is 36.1 Å². The average molecular weight is 471 g/mol. The molecule has 5 nitrogen and oxygen atoms in total. The molecule has 1 aliphatic rings. The maximum absolute atomic E-state index is 12.8. The molecule has 182 valence electrons. The Bertz CT molecular complexity index is 1180. The van der Waals surface area contributed by atoms with Gasteiger partial charge in [0.05, 0.1) is 7.11 Å². The molecule has 35 heavy (non-hydrogen) atoms. The molecule has 0 bridgehead atoms. The van der Waals surface area contributed by atoms with Crippen molar-refractivity contribution < 1.29 is 14.3 Å². The molecular weight excluding hydrogens is 436 g/mol. The monoisotopic (exact) mass is 470 g/mol. The number of hydrogen-bond donors (Lipinski definition) is 0. The van der Waals surface area contributed by atoms with Gasteiger partial charge in [-0.2, -0.15) is 0 Å². The first-order valence-corrected chi connectivity index (χ1v) is 12.1. The molecule has 0 aliphatic carbocycles. The minimum atomic E-state index is 0.0501. The van der Waals surface area contributed by atoms with E-state index in [1.807, 2.05) is 60.4 Å². The van der Waals surface area contributed by atoms with E-state index in [4.69, 9.17) is 9.47 Å². The van der Waals surface area contributed by atoms with Crippen LogP contribution in [0.1, 0.15) is 27.8 Å². The summed E-state index contributed by atoms with van der Waals surface area (Å²) in [5.41, 5.74) is 5.65. The predicted molar refractivity (Wildman–Crippen MR) is 141 cm³/mol. The molecule has 4 rings (SSSR count). The van der Waals surface area contributed by atoms with Gasteiger partial charge in [0.1, 0.15) is 18.1 Å². The minimum Gasteiger partial charge on any atom is -0.496 e. The van der Waals surface area contributed by atoms with Crippen LogP contribution in [0.3, 0.4) is 0 Å². The number of para-hydroxylation sites is 1. The molecule has 0 spiro atoms. The van der Waals surface area contributed by atoms with Crippen LogP contribution in [0.15, 0.2) is 72.8 Å². The highest BCUT2D eigenvalue weighted by molar-refractivity contribution is 5.91. The molecule has 1 saturated heterocycles. The van der Waals surface area contributed by atoms with E-state index in [-0.39, 0.29) is 5.91 Å². The predicted octanol–water partition coefficient (Wildman–Crippen LogP) is 5.25. The molecule has 1 fully saturated rings. The molecule has 0 N–H and O–H groups in total. The number of amides is 1. The summed E-state index contributed by atoms with van der Waals surface area (Å²) < 4.78 is 11.5. The molecule has 3 aromatic rings. The molecule has 0 unspecified atom stereocenters. The van der Waals surface area contributed by atoms with Gasteiger partial charge in [0.2, 0.25) is 5.91 Å². The number of methoxy groups -OCH3 is 1. The van der Waals surface area contributed by atoms with E-state index in [0.29, 0.717) is 6.61 Å². The van der Waals surface area contributed by atoms with Gasteiger partial charge in [-0.25, -0.2) is 0 Å². The van der Waals surface area contributed by atoms with Crippen LogP contribution in [0.25, 0.3) is 6.08 Å². The maximum atomic E-state index is 12.8. The van der Waals surface area contributed by atoms with E-state index < -0.39 is 0 Å². The number of nitrogens with zero attached hydrogens (tertiary/aromatic N) is 2. The van der Waals surface area contributed by atoms with Crippen LogP contribution in [-0.2, 0) is 17.9 Å². The maximum Gasteiger partial charge on any atom is 0.246 e. The van der Waals surface area contributed by atoms with E-state index in [0.717, 1.165) is 60.9 Å². The van der Waals surface area contributed by atoms with Crippen LogP contribution in [-0.4, -0.2) is 49.0 Å². The molecule has 1 heterocycles. The third-order valence-electron chi connectivity index (χ3n) is 6.54. The molecule has 1 amide bonds. The normalized spacial score (nSPS) is 14.3. The molecular formula is C30H34N2O3. The van der Waals surface area contributed by atoms with Crippen molar-refractivity contribution in [1.82, 2.24) is 9.80 Å². The number of piperazine rings is 1. The van der Waals surface area contributed by atoms with Gasteiger partial charge < -0.3 is 14.4 Å². The first kappa shape index (κ1) is 24.6. The topological polar surface area (TPSA) is 42.0 Å². The van der Waals surface area contributed by atoms with Gasteiger partial charge in [-0.3, -0.25) is 9.69 Å². The van der Waals surface area contributed by atoms with E-state index in [9.17, 15) is 4.79 Å². The van der Waals surface area contributed by atoms with Gasteiger partial charge >= 0.3 is 0 Å². The van der Waals surface area contributed by atoms with Crippen LogP contribution in [0.5, 0.6) is 11.5 Å². The molecule has 5 heteroatoms. The van der Waals surface area contributed by atoms with Crippen molar-refractivity contribution in [3.8, 4) is 11.5 Å². The number of aryl methyl sites for hydroxylation is 2. The van der Waals surface area contributed by atoms with Gasteiger partial charge in [0.25, 0.3) is 0 Å². The second kappa shape index (κ2) is 11.7. The number of rotatable bonds is 8. The SMILES string of the molecule is COc1ccc(/C=C/C(=O)N2CCN(Cc3ccccc3C)CC2)cc1COc1ccccc1C. The van der Waals surface area contributed by atoms with Crippen molar-refractivity contribution in [3.05, 3.63) is 101 Å². The van der Waals surface area contributed by atoms with Crippen LogP contribution in [0.4, 0.5) is 0 Å². The Morgan fingerprint density at radius 2 is 1.57 bits per heavy atom. The standard InChI is InChI=1S/C30H34N2O3/c1-23-8-4-6-10-26(23)21-31-16-18-32(19-17-31)30(33)15-13-25-12-14-29(34-3)27(20-25)22-35-28-11-7-5-9-24(28)2/h4-15,20H,16-19,21-22H2,1-3H3/b15-13+. The number of benzene rings is 3. The summed E-state index contributed by atoms with van der Waals surface area (Å²) in [6, 6.07) is 22.3. The van der Waals surface area contributed by atoms with Gasteiger partial charge in [-0.05, 0) is 60.4 Å². The molecule has 0 radical (unpaired) electrons. The lowest BCUT2D eigenvalue weighted by Crippen LogP contribution is -2.47. The van der Waals surface area contributed by atoms with Crippen LogP contribution in [0.2, 0.25) is 0 Å². The summed E-state index contributed by atoms with van der Waals surface area (Å²) in [7, 11) is 1.66. The van der Waals surface area contributed by atoms with Crippen molar-refractivity contribution in [2.24, 2.45) is 0 Å². The van der Waals surface area contributed by atoms with E-state index in [1.54, 1.807) is 13.2 Å². The van der Waals surface area contributed by atoms with Crippen molar-refractivity contribution >= 4 is 12.0 Å². The molecule has 0 saturated carbocycles. The third kappa shape index (κ3) is 6.52.